The third-order valence-electron chi connectivity index (χ3n) is 7.83. The summed E-state index contributed by atoms with van der Waals surface area (Å²) in [6, 6.07) is 14.1. The first kappa shape index (κ1) is 23.8. The molecule has 0 aromatic heterocycles. The molecule has 0 heterocycles. The predicted octanol–water partition coefficient (Wildman–Crippen LogP) is 4.66. The molecule has 0 saturated heterocycles. The predicted molar refractivity (Wildman–Crippen MR) is 129 cm³/mol. The highest BCUT2D eigenvalue weighted by Gasteiger charge is 2.52. The van der Waals surface area contributed by atoms with Crippen LogP contribution in [0.2, 0.25) is 0 Å². The van der Waals surface area contributed by atoms with Gasteiger partial charge < -0.3 is 19.0 Å². The topological polar surface area (TPSA) is 83.1 Å². The molecule has 0 radical (unpaired) electrons. The first-order valence-electron chi connectivity index (χ1n) is 12.5. The van der Waals surface area contributed by atoms with Crippen molar-refractivity contribution < 1.29 is 28.6 Å². The minimum atomic E-state index is -0.603. The van der Waals surface area contributed by atoms with Crippen molar-refractivity contribution in [2.75, 3.05) is 27.1 Å². The summed E-state index contributed by atoms with van der Waals surface area (Å²) in [4.78, 5) is 30.2. The van der Waals surface area contributed by atoms with Crippen LogP contribution in [0, 0.1) is 17.8 Å². The fraction of sp³-hybridized carbons (Fsp3) is 0.500. The molecular weight excluding hydrogens is 446 g/mol. The van der Waals surface area contributed by atoms with Gasteiger partial charge in [0, 0.05) is 18.2 Å². The molecule has 0 aliphatic heterocycles. The Morgan fingerprint density at radius 3 is 2.26 bits per heavy atom. The van der Waals surface area contributed by atoms with Gasteiger partial charge in [-0.2, -0.15) is 5.48 Å². The smallest absolute Gasteiger partial charge is 0.362 e. The Balaban J connectivity index is 1.35. The number of carbonyl (C=O) groups excluding carboxylic acids is 2. The van der Waals surface area contributed by atoms with E-state index in [2.05, 4.69) is 5.48 Å². The summed E-state index contributed by atoms with van der Waals surface area (Å²) in [5, 5.41) is 0. The van der Waals surface area contributed by atoms with Crippen LogP contribution in [0.3, 0.4) is 0 Å². The summed E-state index contributed by atoms with van der Waals surface area (Å²) in [5.74, 6) is 1.95. The normalized spacial score (nSPS) is 26.4. The Labute approximate surface area is 206 Å². The van der Waals surface area contributed by atoms with E-state index >= 15 is 0 Å². The molecule has 2 aromatic carbocycles. The van der Waals surface area contributed by atoms with Crippen LogP contribution in [0.5, 0.6) is 5.75 Å². The number of amides is 1. The van der Waals surface area contributed by atoms with Crippen LogP contribution in [0.15, 0.2) is 48.5 Å². The molecule has 1 N–H and O–H groups in total. The van der Waals surface area contributed by atoms with Gasteiger partial charge in [0.25, 0.3) is 5.91 Å². The second-order valence-corrected chi connectivity index (χ2v) is 10.3. The van der Waals surface area contributed by atoms with E-state index in [0.29, 0.717) is 24.3 Å². The average molecular weight is 480 g/mol. The number of hydrogen-bond donors (Lipinski definition) is 1. The number of hydrogen-bond acceptors (Lipinski definition) is 6. The maximum absolute atomic E-state index is 12.9. The molecule has 0 unspecified atom stereocenters. The number of ether oxygens (including phenoxy) is 3. The van der Waals surface area contributed by atoms with Crippen LogP contribution in [0.1, 0.15) is 64.8 Å². The number of carbonyl (C=O) groups is 2. The van der Waals surface area contributed by atoms with E-state index in [9.17, 15) is 9.59 Å². The summed E-state index contributed by atoms with van der Waals surface area (Å²) in [5.41, 5.74) is 4.24. The van der Waals surface area contributed by atoms with Gasteiger partial charge >= 0.3 is 5.97 Å². The summed E-state index contributed by atoms with van der Waals surface area (Å²) in [7, 11) is 1.64. The van der Waals surface area contributed by atoms with Crippen LogP contribution < -0.4 is 10.2 Å². The second kappa shape index (κ2) is 10.4. The zero-order valence-electron chi connectivity index (χ0n) is 20.2. The maximum atomic E-state index is 12.9. The number of benzene rings is 2. The van der Waals surface area contributed by atoms with Crippen LogP contribution in [0.25, 0.3) is 0 Å². The molecule has 7 heteroatoms. The molecule has 0 atom stereocenters. The monoisotopic (exact) mass is 479 g/mol. The van der Waals surface area contributed by atoms with Crippen molar-refractivity contribution in [2.45, 2.75) is 43.9 Å². The average Bonchev–Trinajstić information content (AvgIpc) is 2.86. The molecule has 35 heavy (non-hydrogen) atoms. The van der Waals surface area contributed by atoms with Crippen molar-refractivity contribution in [3.8, 4) is 5.75 Å². The number of rotatable bonds is 9. The first-order chi connectivity index (χ1) is 17.1. The molecule has 4 bridgehead atoms. The minimum Gasteiger partial charge on any atom is -0.467 e. The molecule has 7 nitrogen and oxygen atoms in total. The van der Waals surface area contributed by atoms with Crippen molar-refractivity contribution in [3.05, 3.63) is 65.2 Å². The zero-order valence-corrected chi connectivity index (χ0v) is 20.2. The highest BCUT2D eigenvalue weighted by atomic mass is 16.7. The van der Waals surface area contributed by atoms with Crippen molar-refractivity contribution in [3.63, 3.8) is 0 Å². The standard InChI is InChI=1S/C28H33NO6/c1-32-9-10-33-18-34-25-8-7-23(26(30)29-35-27(31)22-5-3-2-4-6-22)14-24(25)28-15-19-11-20(16-28)13-21(12-19)17-28/h2-8,14,19-21H,9-13,15-18H2,1H3,(H,29,30). The fourth-order valence-corrected chi connectivity index (χ4v) is 6.74. The van der Waals surface area contributed by atoms with E-state index in [4.69, 9.17) is 19.0 Å². The van der Waals surface area contributed by atoms with Gasteiger partial charge in [0.15, 0.2) is 6.79 Å². The van der Waals surface area contributed by atoms with E-state index in [1.54, 1.807) is 37.4 Å². The van der Waals surface area contributed by atoms with Crippen LogP contribution >= 0.6 is 0 Å². The van der Waals surface area contributed by atoms with Gasteiger partial charge in [0.05, 0.1) is 18.8 Å². The molecule has 1 amide bonds. The molecule has 4 fully saturated rings. The van der Waals surface area contributed by atoms with Crippen molar-refractivity contribution >= 4 is 11.9 Å². The van der Waals surface area contributed by atoms with Gasteiger partial charge in [-0.05, 0) is 92.0 Å². The van der Waals surface area contributed by atoms with E-state index < -0.39 is 11.9 Å². The molecule has 4 aliphatic carbocycles. The first-order valence-corrected chi connectivity index (χ1v) is 12.5. The highest BCUT2D eigenvalue weighted by molar-refractivity contribution is 5.96. The van der Waals surface area contributed by atoms with Crippen molar-refractivity contribution in [1.29, 1.82) is 0 Å². The Morgan fingerprint density at radius 2 is 1.60 bits per heavy atom. The lowest BCUT2D eigenvalue weighted by atomic mass is 9.48. The quantitative estimate of drug-likeness (QED) is 0.320. The zero-order chi connectivity index (χ0) is 24.3. The molecule has 4 saturated carbocycles. The van der Waals surface area contributed by atoms with Crippen LogP contribution in [0.4, 0.5) is 0 Å². The summed E-state index contributed by atoms with van der Waals surface area (Å²) >= 11 is 0. The van der Waals surface area contributed by atoms with Gasteiger partial charge in [-0.25, -0.2) is 4.79 Å². The second-order valence-electron chi connectivity index (χ2n) is 10.3. The SMILES string of the molecule is COCCOCOc1ccc(C(=O)NOC(=O)c2ccccc2)cc1C12CC3CC(CC(C3)C1)C2. The lowest BCUT2D eigenvalue weighted by Gasteiger charge is -2.57. The third kappa shape index (κ3) is 5.21. The van der Waals surface area contributed by atoms with Gasteiger partial charge in [-0.1, -0.05) is 18.2 Å². The number of nitrogens with one attached hydrogen (secondary N) is 1. The van der Waals surface area contributed by atoms with Crippen LogP contribution in [-0.4, -0.2) is 39.0 Å². The summed E-state index contributed by atoms with van der Waals surface area (Å²) in [6.07, 6.45) is 7.37. The van der Waals surface area contributed by atoms with Crippen molar-refractivity contribution in [1.82, 2.24) is 5.48 Å². The van der Waals surface area contributed by atoms with Gasteiger partial charge in [0.2, 0.25) is 0 Å². The summed E-state index contributed by atoms with van der Waals surface area (Å²) < 4.78 is 16.7. The van der Waals surface area contributed by atoms with Gasteiger partial charge in [0.1, 0.15) is 5.75 Å². The minimum absolute atomic E-state index is 0.0214. The largest absolute Gasteiger partial charge is 0.467 e. The summed E-state index contributed by atoms with van der Waals surface area (Å²) in [6.45, 7) is 1.09. The number of hydroxylamine groups is 1. The lowest BCUT2D eigenvalue weighted by molar-refractivity contribution is -0.0190. The fourth-order valence-electron chi connectivity index (χ4n) is 6.74. The highest BCUT2D eigenvalue weighted by Crippen LogP contribution is 2.62. The van der Waals surface area contributed by atoms with Crippen LogP contribution in [-0.2, 0) is 19.7 Å². The van der Waals surface area contributed by atoms with Crippen molar-refractivity contribution in [2.24, 2.45) is 17.8 Å². The van der Waals surface area contributed by atoms with Gasteiger partial charge in [-0.3, -0.25) is 4.79 Å². The Kier molecular flexibility index (Phi) is 7.07. The van der Waals surface area contributed by atoms with Gasteiger partial charge in [-0.15, -0.1) is 0 Å². The van der Waals surface area contributed by atoms with E-state index in [1.807, 2.05) is 18.2 Å². The Morgan fingerprint density at radius 1 is 0.914 bits per heavy atom. The molecular formula is C28H33NO6. The Hall–Kier alpha value is -2.90. The molecule has 0 spiro atoms. The molecule has 4 aliphatic rings. The maximum Gasteiger partial charge on any atom is 0.362 e. The van der Waals surface area contributed by atoms with E-state index in [-0.39, 0.29) is 12.2 Å². The van der Waals surface area contributed by atoms with E-state index in [1.165, 1.54) is 19.3 Å². The van der Waals surface area contributed by atoms with E-state index in [0.717, 1.165) is 48.3 Å². The molecule has 186 valence electrons. The Bertz CT molecular complexity index is 1020. The lowest BCUT2D eigenvalue weighted by Crippen LogP contribution is -2.48. The molecule has 6 rings (SSSR count). The third-order valence-corrected chi connectivity index (χ3v) is 7.83. The number of methoxy groups -OCH3 is 1. The molecule has 2 aromatic rings.